The molecule has 0 aromatic heterocycles. The number of carbonyl (C=O) groups is 2. The third-order valence-corrected chi connectivity index (χ3v) is 10.9. The Kier molecular flexibility index (Phi) is 14.6. The number of nitrogens with two attached hydrogens (primary N) is 1. The molecule has 3 N–H and O–H groups in total. The lowest BCUT2D eigenvalue weighted by Gasteiger charge is -2.30. The quantitative estimate of drug-likeness (QED) is 0.138. The molecule has 4 fully saturated rings. The molecule has 2 aliphatic heterocycles. The van der Waals surface area contributed by atoms with Crippen LogP contribution in [-0.2, 0) is 41.6 Å². The second-order valence-electron chi connectivity index (χ2n) is 16.2. The van der Waals surface area contributed by atoms with E-state index in [-0.39, 0.29) is 61.1 Å². The molecule has 4 aromatic rings. The van der Waals surface area contributed by atoms with Gasteiger partial charge in [0.25, 0.3) is 0 Å². The number of hydrogen-bond donors (Lipinski definition) is 2. The molecule has 4 unspecified atom stereocenters. The second kappa shape index (κ2) is 19.6. The van der Waals surface area contributed by atoms with Crippen LogP contribution in [-0.4, -0.2) is 47.5 Å². The average Bonchev–Trinajstić information content (AvgIpc) is 3.69. The summed E-state index contributed by atoms with van der Waals surface area (Å²) < 4.78 is 62.1. The monoisotopic (exact) mass is 834 g/mol. The van der Waals surface area contributed by atoms with E-state index in [1.807, 2.05) is 88.4 Å². The van der Waals surface area contributed by atoms with Gasteiger partial charge in [0.1, 0.15) is 24.8 Å². The molecule has 2 heterocycles. The van der Waals surface area contributed by atoms with Gasteiger partial charge in [-0.15, -0.1) is 0 Å². The molecule has 10 nitrogen and oxygen atoms in total. The van der Waals surface area contributed by atoms with Crippen LogP contribution in [0, 0.1) is 11.6 Å². The molecule has 2 saturated heterocycles. The van der Waals surface area contributed by atoms with Gasteiger partial charge >= 0.3 is 11.5 Å². The predicted molar refractivity (Wildman–Crippen MR) is 221 cm³/mol. The smallest absolute Gasteiger partial charge is 0.411 e. The molecule has 59 heavy (non-hydrogen) atoms. The highest BCUT2D eigenvalue weighted by Crippen LogP contribution is 2.44. The van der Waals surface area contributed by atoms with Crippen LogP contribution in [0.2, 0.25) is 0 Å². The number of fused-ring (bicyclic) bond motifs is 2. The second-order valence-corrected chi connectivity index (χ2v) is 16.5. The van der Waals surface area contributed by atoms with Crippen LogP contribution < -0.4 is 11.1 Å². The minimum Gasteiger partial charge on any atom is -0.449 e. The molecule has 0 spiro atoms. The summed E-state index contributed by atoms with van der Waals surface area (Å²) in [7, 11) is 0. The van der Waals surface area contributed by atoms with Crippen LogP contribution in [0.25, 0.3) is 0 Å². The number of amides is 1. The van der Waals surface area contributed by atoms with E-state index in [0.29, 0.717) is 16.9 Å². The van der Waals surface area contributed by atoms with Crippen molar-refractivity contribution >= 4 is 34.5 Å². The number of carbonyl (C=O) groups excluding carboxylic acids is 2. The lowest BCUT2D eigenvalue weighted by atomic mass is 9.81. The van der Waals surface area contributed by atoms with Crippen LogP contribution in [0.3, 0.4) is 0 Å². The van der Waals surface area contributed by atoms with E-state index in [9.17, 15) is 18.4 Å². The lowest BCUT2D eigenvalue weighted by Crippen LogP contribution is -2.30. The zero-order valence-electron chi connectivity index (χ0n) is 33.8. The van der Waals surface area contributed by atoms with Crippen molar-refractivity contribution in [2.45, 2.75) is 127 Å². The lowest BCUT2D eigenvalue weighted by molar-refractivity contribution is -0.146. The van der Waals surface area contributed by atoms with Gasteiger partial charge in [0.05, 0.1) is 24.4 Å². The van der Waals surface area contributed by atoms with Crippen LogP contribution in [0.4, 0.5) is 29.7 Å². The molecule has 4 aliphatic rings. The molecule has 13 heteroatoms. The van der Waals surface area contributed by atoms with Crippen molar-refractivity contribution in [3.05, 3.63) is 131 Å². The Labute approximate surface area is 349 Å². The van der Waals surface area contributed by atoms with E-state index in [1.54, 1.807) is 24.3 Å². The number of rotatable bonds is 7. The van der Waals surface area contributed by atoms with Gasteiger partial charge in [-0.05, 0) is 125 Å². The molecule has 1 amide bonds. The first-order valence-electron chi connectivity index (χ1n) is 20.0. The minimum absolute atomic E-state index is 0.00563. The fourth-order valence-electron chi connectivity index (χ4n) is 8.20. The summed E-state index contributed by atoms with van der Waals surface area (Å²) in [5.41, 5.74) is 8.89. The van der Waals surface area contributed by atoms with Gasteiger partial charge in [0.15, 0.2) is 11.6 Å². The molecule has 2 aliphatic carbocycles. The molecule has 0 radical (unpaired) electrons. The van der Waals surface area contributed by atoms with Gasteiger partial charge in [0.2, 0.25) is 0 Å². The third-order valence-electron chi connectivity index (χ3n) is 10.8. The molecule has 2 saturated carbocycles. The molecule has 6 atom stereocenters. The largest absolute Gasteiger partial charge is 0.449 e. The topological polar surface area (TPSA) is 128 Å². The van der Waals surface area contributed by atoms with Crippen LogP contribution >= 0.6 is 11.6 Å². The van der Waals surface area contributed by atoms with Crippen molar-refractivity contribution in [3.63, 3.8) is 0 Å². The van der Waals surface area contributed by atoms with Crippen molar-refractivity contribution in [1.29, 1.82) is 0 Å². The minimum atomic E-state index is -0.770. The standard InChI is InChI=1S/C23H26FNO4.C15H20FNO2.C8H7ClO2/c1-23(2)28-20-11-8-16(12-21(20)29-23)18-10-9-17(13-19(18)24)25-22(26)27-14-15-6-4-3-5-7-15;1-15(2)18-13-6-3-9(7-14(13)19-15)11-5-4-10(17)8-12(11)16;9-8(10)11-6-7-4-2-1-3-5-7/h3-7,9-10,13,16,20-21H,8,11-12,14H2,1-2H3,(H,25,26);4-5,8-9,13-14H,3,6-7,17H2,1-2H3;1-5H,6H2/t16?,20?,21-;9?,13?,14-;/m00./s1. The SMILES string of the molecule is CC1(C)OC2CCC(c3ccc(N)cc3F)C[C@@H]2O1.CC1(C)OC2CCC(c3ccc(NC(=O)OCc4ccccc4)cc3F)C[C@@H]2O1.O=C(Cl)OCc1ccccc1. The highest BCUT2D eigenvalue weighted by Gasteiger charge is 2.46. The number of anilines is 2. The highest BCUT2D eigenvalue weighted by molar-refractivity contribution is 6.61. The summed E-state index contributed by atoms with van der Waals surface area (Å²) in [6.45, 7) is 8.10. The molecule has 0 bridgehead atoms. The number of hydrogen-bond acceptors (Lipinski definition) is 9. The van der Waals surface area contributed by atoms with E-state index in [1.165, 1.54) is 12.1 Å². The number of ether oxygens (including phenoxy) is 6. The molecular weight excluding hydrogens is 782 g/mol. The van der Waals surface area contributed by atoms with Crippen molar-refractivity contribution in [2.75, 3.05) is 11.1 Å². The van der Waals surface area contributed by atoms with Crippen LogP contribution in [0.15, 0.2) is 97.1 Å². The van der Waals surface area contributed by atoms with Gasteiger partial charge in [0, 0.05) is 23.0 Å². The summed E-state index contributed by atoms with van der Waals surface area (Å²) in [6, 6.07) is 28.5. The fraction of sp³-hybridized carbons (Fsp3) is 0.435. The molecule has 316 valence electrons. The molecule has 4 aromatic carbocycles. The maximum absolute atomic E-state index is 14.8. The maximum atomic E-state index is 14.8. The van der Waals surface area contributed by atoms with Crippen LogP contribution in [0.5, 0.6) is 0 Å². The fourth-order valence-corrected chi connectivity index (χ4v) is 8.26. The number of halogens is 3. The number of nitrogen functional groups attached to an aromatic ring is 1. The first-order valence-corrected chi connectivity index (χ1v) is 20.4. The Balaban J connectivity index is 0.000000166. The van der Waals surface area contributed by atoms with Gasteiger partial charge in [-0.2, -0.15) is 0 Å². The summed E-state index contributed by atoms with van der Waals surface area (Å²) >= 11 is 4.97. The molecule has 8 rings (SSSR count). The van der Waals surface area contributed by atoms with Gasteiger partial charge in [-0.1, -0.05) is 72.8 Å². The Hall–Kier alpha value is -4.59. The van der Waals surface area contributed by atoms with Crippen molar-refractivity contribution in [3.8, 4) is 0 Å². The Bertz CT molecular complexity index is 2020. The summed E-state index contributed by atoms with van der Waals surface area (Å²) in [5.74, 6) is -1.35. The molecular formula is C46H53ClF2N2O8. The Morgan fingerprint density at radius 1 is 0.661 bits per heavy atom. The van der Waals surface area contributed by atoms with E-state index in [4.69, 9.17) is 41.0 Å². The maximum Gasteiger partial charge on any atom is 0.411 e. The van der Waals surface area contributed by atoms with E-state index in [2.05, 4.69) is 10.1 Å². The van der Waals surface area contributed by atoms with Gasteiger partial charge in [-0.25, -0.2) is 18.4 Å². The average molecular weight is 835 g/mol. The summed E-state index contributed by atoms with van der Waals surface area (Å²) in [5, 5.41) is 2.59. The van der Waals surface area contributed by atoms with Crippen molar-refractivity contribution < 1.29 is 46.8 Å². The first-order chi connectivity index (χ1) is 28.1. The summed E-state index contributed by atoms with van der Waals surface area (Å²) in [4.78, 5) is 22.1. The van der Waals surface area contributed by atoms with Gasteiger partial charge < -0.3 is 34.2 Å². The van der Waals surface area contributed by atoms with Crippen LogP contribution in [0.1, 0.15) is 100 Å². The Morgan fingerprint density at radius 2 is 1.12 bits per heavy atom. The van der Waals surface area contributed by atoms with E-state index < -0.39 is 23.1 Å². The predicted octanol–water partition coefficient (Wildman–Crippen LogP) is 11.1. The number of benzene rings is 4. The third kappa shape index (κ3) is 12.7. The first kappa shape index (κ1) is 44.0. The zero-order valence-corrected chi connectivity index (χ0v) is 34.6. The normalized spacial score (nSPS) is 24.8. The van der Waals surface area contributed by atoms with Gasteiger partial charge in [-0.3, -0.25) is 5.32 Å². The highest BCUT2D eigenvalue weighted by atomic mass is 35.5. The zero-order chi connectivity index (χ0) is 42.2. The number of nitrogens with one attached hydrogen (secondary N) is 1. The van der Waals surface area contributed by atoms with E-state index in [0.717, 1.165) is 55.2 Å². The summed E-state index contributed by atoms with van der Waals surface area (Å²) in [6.07, 6.45) is 4.80. The van der Waals surface area contributed by atoms with Crippen molar-refractivity contribution in [2.24, 2.45) is 0 Å². The van der Waals surface area contributed by atoms with Crippen molar-refractivity contribution in [1.82, 2.24) is 0 Å². The van der Waals surface area contributed by atoms with E-state index >= 15 is 0 Å². The Morgan fingerprint density at radius 3 is 1.59 bits per heavy atom.